The number of nitrogens with one attached hydrogen (secondary N) is 2. The summed E-state index contributed by atoms with van der Waals surface area (Å²) in [5.41, 5.74) is 3.33. The number of anilines is 2. The maximum Gasteiger partial charge on any atom is 0.255 e. The van der Waals surface area contributed by atoms with Gasteiger partial charge in [-0.2, -0.15) is 0 Å². The molecule has 0 aromatic heterocycles. The minimum absolute atomic E-state index is 0.205. The van der Waals surface area contributed by atoms with Gasteiger partial charge in [0, 0.05) is 21.7 Å². The van der Waals surface area contributed by atoms with Crippen molar-refractivity contribution in [2.75, 3.05) is 16.9 Å². The van der Waals surface area contributed by atoms with Gasteiger partial charge >= 0.3 is 0 Å². The second-order valence-corrected chi connectivity index (χ2v) is 6.85. The van der Waals surface area contributed by atoms with E-state index in [0.717, 1.165) is 16.1 Å². The summed E-state index contributed by atoms with van der Waals surface area (Å²) < 4.78 is 0. The third-order valence-electron chi connectivity index (χ3n) is 4.14. The molecule has 0 aliphatic carbocycles. The number of carbonyl (C=O) groups is 2. The molecule has 27 heavy (non-hydrogen) atoms. The second-order valence-electron chi connectivity index (χ2n) is 6.00. The van der Waals surface area contributed by atoms with E-state index in [4.69, 9.17) is 0 Å². The highest BCUT2D eigenvalue weighted by Gasteiger charge is 2.12. The largest absolute Gasteiger partial charge is 0.322 e. The predicted molar refractivity (Wildman–Crippen MR) is 112 cm³/mol. The van der Waals surface area contributed by atoms with Crippen LogP contribution in [-0.4, -0.2) is 18.1 Å². The first-order valence-electron chi connectivity index (χ1n) is 8.50. The normalized spacial score (nSPS) is 10.3. The van der Waals surface area contributed by atoms with Crippen LogP contribution in [0.1, 0.15) is 26.3 Å². The Kier molecular flexibility index (Phi) is 5.94. The summed E-state index contributed by atoms with van der Waals surface area (Å²) in [5, 5.41) is 5.82. The van der Waals surface area contributed by atoms with Crippen LogP contribution in [0.25, 0.3) is 0 Å². The molecule has 0 aliphatic rings. The van der Waals surface area contributed by atoms with E-state index in [9.17, 15) is 9.59 Å². The van der Waals surface area contributed by atoms with E-state index in [0.29, 0.717) is 16.8 Å². The number of rotatable bonds is 5. The first-order valence-corrected chi connectivity index (χ1v) is 9.72. The summed E-state index contributed by atoms with van der Waals surface area (Å²) in [6.07, 6.45) is 1.97. The molecule has 0 atom stereocenters. The van der Waals surface area contributed by atoms with E-state index >= 15 is 0 Å². The van der Waals surface area contributed by atoms with Gasteiger partial charge in [-0.15, -0.1) is 11.8 Å². The summed E-state index contributed by atoms with van der Waals surface area (Å²) in [6.45, 7) is 1.89. The van der Waals surface area contributed by atoms with Crippen LogP contribution in [0, 0.1) is 6.92 Å². The molecular formula is C22H20N2O2S. The number of hydrogen-bond acceptors (Lipinski definition) is 3. The molecule has 3 aromatic rings. The zero-order valence-corrected chi connectivity index (χ0v) is 16.0. The van der Waals surface area contributed by atoms with E-state index in [1.165, 1.54) is 0 Å². The van der Waals surface area contributed by atoms with E-state index in [-0.39, 0.29) is 11.8 Å². The lowest BCUT2D eigenvalue weighted by Gasteiger charge is -2.12. The summed E-state index contributed by atoms with van der Waals surface area (Å²) in [6, 6.07) is 21.9. The third kappa shape index (κ3) is 4.57. The molecule has 3 rings (SSSR count). The van der Waals surface area contributed by atoms with Crippen molar-refractivity contribution in [2.24, 2.45) is 0 Å². The molecule has 136 valence electrons. The molecule has 0 bridgehead atoms. The second kappa shape index (κ2) is 8.56. The Hall–Kier alpha value is -3.05. The van der Waals surface area contributed by atoms with Crippen LogP contribution >= 0.6 is 11.8 Å². The number of carbonyl (C=O) groups excluding carboxylic acids is 2. The Morgan fingerprint density at radius 1 is 0.741 bits per heavy atom. The predicted octanol–water partition coefficient (Wildman–Crippen LogP) is 5.22. The average molecular weight is 376 g/mol. The number of aryl methyl sites for hydroxylation is 1. The number of para-hydroxylation sites is 1. The first-order chi connectivity index (χ1) is 13.1. The first kappa shape index (κ1) is 18.7. The van der Waals surface area contributed by atoms with Crippen molar-refractivity contribution in [1.29, 1.82) is 0 Å². The van der Waals surface area contributed by atoms with Gasteiger partial charge in [0.2, 0.25) is 0 Å². The summed E-state index contributed by atoms with van der Waals surface area (Å²) in [5.74, 6) is -0.421. The van der Waals surface area contributed by atoms with Crippen molar-refractivity contribution in [3.05, 3.63) is 89.5 Å². The molecule has 4 nitrogen and oxygen atoms in total. The monoisotopic (exact) mass is 376 g/mol. The van der Waals surface area contributed by atoms with E-state index in [2.05, 4.69) is 10.6 Å². The molecule has 0 fully saturated rings. The molecule has 2 amide bonds. The van der Waals surface area contributed by atoms with Crippen molar-refractivity contribution in [3.63, 3.8) is 0 Å². The molecule has 5 heteroatoms. The Morgan fingerprint density at radius 2 is 1.37 bits per heavy atom. The molecule has 0 unspecified atom stereocenters. The van der Waals surface area contributed by atoms with Gasteiger partial charge < -0.3 is 10.6 Å². The fourth-order valence-corrected chi connectivity index (χ4v) is 3.18. The van der Waals surface area contributed by atoms with E-state index in [1.807, 2.05) is 61.7 Å². The lowest BCUT2D eigenvalue weighted by molar-refractivity contribution is 0.101. The summed E-state index contributed by atoms with van der Waals surface area (Å²) in [7, 11) is 0. The van der Waals surface area contributed by atoms with Crippen LogP contribution in [0.5, 0.6) is 0 Å². The highest BCUT2D eigenvalue weighted by Crippen LogP contribution is 2.26. The minimum atomic E-state index is -0.216. The van der Waals surface area contributed by atoms with Crippen molar-refractivity contribution >= 4 is 35.0 Å². The lowest BCUT2D eigenvalue weighted by Crippen LogP contribution is -2.15. The SMILES string of the molecule is CSc1ccccc1NC(=O)c1ccc(C)c(NC(=O)c2ccccc2)c1. The molecule has 3 aromatic carbocycles. The van der Waals surface area contributed by atoms with Gasteiger partial charge in [0.15, 0.2) is 0 Å². The zero-order chi connectivity index (χ0) is 19.2. The maximum atomic E-state index is 12.7. The van der Waals surface area contributed by atoms with Crippen molar-refractivity contribution in [2.45, 2.75) is 11.8 Å². The molecule has 0 saturated heterocycles. The molecule has 0 radical (unpaired) electrons. The number of benzene rings is 3. The van der Waals surface area contributed by atoms with Gasteiger partial charge in [-0.25, -0.2) is 0 Å². The molecular weight excluding hydrogens is 356 g/mol. The van der Waals surface area contributed by atoms with Gasteiger partial charge in [-0.1, -0.05) is 36.4 Å². The zero-order valence-electron chi connectivity index (χ0n) is 15.2. The molecule has 0 saturated carbocycles. The maximum absolute atomic E-state index is 12.7. The summed E-state index contributed by atoms with van der Waals surface area (Å²) in [4.78, 5) is 26.1. The van der Waals surface area contributed by atoms with Crippen molar-refractivity contribution < 1.29 is 9.59 Å². The van der Waals surface area contributed by atoms with Crippen LogP contribution in [0.4, 0.5) is 11.4 Å². The van der Waals surface area contributed by atoms with Crippen molar-refractivity contribution in [3.8, 4) is 0 Å². The quantitative estimate of drug-likeness (QED) is 0.600. The van der Waals surface area contributed by atoms with E-state index in [1.54, 1.807) is 36.0 Å². The van der Waals surface area contributed by atoms with Crippen molar-refractivity contribution in [1.82, 2.24) is 0 Å². The van der Waals surface area contributed by atoms with E-state index < -0.39 is 0 Å². The molecule has 0 spiro atoms. The molecule has 0 aliphatic heterocycles. The number of hydrogen-bond donors (Lipinski definition) is 2. The Morgan fingerprint density at radius 3 is 2.11 bits per heavy atom. The minimum Gasteiger partial charge on any atom is -0.322 e. The van der Waals surface area contributed by atoms with Gasteiger partial charge in [-0.05, 0) is 55.1 Å². The Bertz CT molecular complexity index is 971. The van der Waals surface area contributed by atoms with Crippen LogP contribution in [0.3, 0.4) is 0 Å². The van der Waals surface area contributed by atoms with Crippen LogP contribution in [-0.2, 0) is 0 Å². The molecule has 0 heterocycles. The lowest BCUT2D eigenvalue weighted by atomic mass is 10.1. The smallest absolute Gasteiger partial charge is 0.255 e. The van der Waals surface area contributed by atoms with Gasteiger partial charge in [0.25, 0.3) is 11.8 Å². The topological polar surface area (TPSA) is 58.2 Å². The third-order valence-corrected chi connectivity index (χ3v) is 4.93. The summed E-state index contributed by atoms with van der Waals surface area (Å²) >= 11 is 1.57. The van der Waals surface area contributed by atoms with Gasteiger partial charge in [-0.3, -0.25) is 9.59 Å². The Balaban J connectivity index is 1.80. The highest BCUT2D eigenvalue weighted by molar-refractivity contribution is 7.98. The number of thioether (sulfide) groups is 1. The fraction of sp³-hybridized carbons (Fsp3) is 0.0909. The number of amides is 2. The highest BCUT2D eigenvalue weighted by atomic mass is 32.2. The van der Waals surface area contributed by atoms with Crippen LogP contribution < -0.4 is 10.6 Å². The molecule has 2 N–H and O–H groups in total. The van der Waals surface area contributed by atoms with Gasteiger partial charge in [0.1, 0.15) is 0 Å². The van der Waals surface area contributed by atoms with Gasteiger partial charge in [0.05, 0.1) is 5.69 Å². The standard InChI is InChI=1S/C22H20N2O2S/c1-15-12-13-17(22(26)23-18-10-6-7-11-20(18)27-2)14-19(15)24-21(25)16-8-4-3-5-9-16/h3-14H,1-2H3,(H,23,26)(H,24,25). The fourth-order valence-electron chi connectivity index (χ4n) is 2.62. The van der Waals surface area contributed by atoms with Crippen LogP contribution in [0.15, 0.2) is 77.7 Å². The average Bonchev–Trinajstić information content (AvgIpc) is 2.70. The van der Waals surface area contributed by atoms with Crippen LogP contribution in [0.2, 0.25) is 0 Å². The Labute approximate surface area is 163 Å².